The van der Waals surface area contributed by atoms with Crippen LogP contribution in [0.5, 0.6) is 11.5 Å². The van der Waals surface area contributed by atoms with Crippen molar-refractivity contribution >= 4 is 41.7 Å². The van der Waals surface area contributed by atoms with E-state index in [1.54, 1.807) is 26.6 Å². The fourth-order valence-corrected chi connectivity index (χ4v) is 5.28. The van der Waals surface area contributed by atoms with Crippen LogP contribution in [-0.2, 0) is 11.2 Å². The van der Waals surface area contributed by atoms with Gasteiger partial charge in [0.1, 0.15) is 16.5 Å². The summed E-state index contributed by atoms with van der Waals surface area (Å²) in [5.74, 6) is 1.70. The number of benzene rings is 2. The first-order valence-corrected chi connectivity index (χ1v) is 13.9. The van der Waals surface area contributed by atoms with E-state index in [2.05, 4.69) is 32.7 Å². The molecule has 2 aromatic carbocycles. The highest BCUT2D eigenvalue weighted by Gasteiger charge is 2.27. The molecular weight excluding hydrogens is 543 g/mol. The number of methoxy groups -OCH3 is 2. The summed E-state index contributed by atoms with van der Waals surface area (Å²) in [6, 6.07) is 14.1. The maximum Gasteiger partial charge on any atom is 0.230 e. The number of aryl methyl sites for hydroxylation is 1. The fourth-order valence-electron chi connectivity index (χ4n) is 4.54. The lowest BCUT2D eigenvalue weighted by atomic mass is 10.1. The minimum atomic E-state index is 0. The van der Waals surface area contributed by atoms with Gasteiger partial charge in [0.15, 0.2) is 0 Å². The van der Waals surface area contributed by atoms with Crippen molar-refractivity contribution in [2.45, 2.75) is 49.2 Å². The molecule has 4 rings (SSSR count). The number of rotatable bonds is 12. The van der Waals surface area contributed by atoms with E-state index in [0.717, 1.165) is 49.2 Å². The summed E-state index contributed by atoms with van der Waals surface area (Å²) >= 11 is 7.35. The van der Waals surface area contributed by atoms with Gasteiger partial charge in [-0.3, -0.25) is 9.78 Å². The molecule has 0 spiro atoms. The fraction of sp³-hybridized carbons (Fsp3) is 0.393. The van der Waals surface area contributed by atoms with Gasteiger partial charge in [-0.1, -0.05) is 35.5 Å². The molecule has 1 amide bonds. The van der Waals surface area contributed by atoms with Gasteiger partial charge in [0.25, 0.3) is 0 Å². The van der Waals surface area contributed by atoms with Crippen LogP contribution in [0.1, 0.15) is 31.2 Å². The number of hydrogen-bond donors (Lipinski definition) is 2. The van der Waals surface area contributed by atoms with E-state index < -0.39 is 0 Å². The molecule has 38 heavy (non-hydrogen) atoms. The number of hydrogen-bond acceptors (Lipinski definition) is 7. The lowest BCUT2D eigenvalue weighted by Gasteiger charge is -2.22. The zero-order valence-electron chi connectivity index (χ0n) is 21.6. The van der Waals surface area contributed by atoms with Crippen LogP contribution in [0.15, 0.2) is 59.9 Å². The van der Waals surface area contributed by atoms with Gasteiger partial charge >= 0.3 is 0 Å². The van der Waals surface area contributed by atoms with Crippen LogP contribution in [-0.4, -0.2) is 54.5 Å². The van der Waals surface area contributed by atoms with E-state index in [1.807, 2.05) is 30.3 Å². The first-order chi connectivity index (χ1) is 18.1. The highest BCUT2D eigenvalue weighted by atomic mass is 35.5. The summed E-state index contributed by atoms with van der Waals surface area (Å²) in [5, 5.41) is 8.33. The van der Waals surface area contributed by atoms with Crippen LogP contribution < -0.4 is 20.1 Å². The molecule has 1 aromatic heterocycles. The third-order valence-electron chi connectivity index (χ3n) is 6.49. The Balaban J connectivity index is 0.00000400. The van der Waals surface area contributed by atoms with Crippen molar-refractivity contribution in [3.8, 4) is 22.8 Å². The SMILES string of the molecule is COc1ccc(-c2cnc(SCC(=O)N[C@@H]3CCC[C@H]3NCCCc3ccc(Cl)cc3)cn2)c(OC)c1.Cl. The summed E-state index contributed by atoms with van der Waals surface area (Å²) in [6.45, 7) is 0.926. The molecular formula is C28H34Cl2N4O3S. The molecule has 0 bridgehead atoms. The Hall–Kier alpha value is -2.52. The summed E-state index contributed by atoms with van der Waals surface area (Å²) in [5.41, 5.74) is 2.82. The predicted octanol–water partition coefficient (Wildman–Crippen LogP) is 5.59. The number of amides is 1. The maximum atomic E-state index is 12.6. The van der Waals surface area contributed by atoms with Crippen molar-refractivity contribution in [1.29, 1.82) is 0 Å². The number of aromatic nitrogens is 2. The maximum absolute atomic E-state index is 12.6. The molecule has 0 saturated heterocycles. The van der Waals surface area contributed by atoms with Crippen molar-refractivity contribution in [3.05, 3.63) is 65.4 Å². The first kappa shape index (κ1) is 30.0. The first-order valence-electron chi connectivity index (χ1n) is 12.5. The topological polar surface area (TPSA) is 85.4 Å². The van der Waals surface area contributed by atoms with Crippen molar-refractivity contribution in [2.75, 3.05) is 26.5 Å². The quantitative estimate of drug-likeness (QED) is 0.215. The lowest BCUT2D eigenvalue weighted by molar-refractivity contribution is -0.119. The highest BCUT2D eigenvalue weighted by Crippen LogP contribution is 2.32. The standard InChI is InChI=1S/C28H33ClN4O3S.ClH/c1-35-21-12-13-22(26(15-21)36-2)25-16-32-28(17-31-25)37-18-27(34)33-24-7-3-6-23(24)30-14-4-5-19-8-10-20(29)11-9-19;/h8-13,15-17,23-24,30H,3-7,14,18H2,1-2H3,(H,33,34);1H/t23-,24-;/m1./s1. The Kier molecular flexibility index (Phi) is 12.0. The van der Waals surface area contributed by atoms with Gasteiger partial charge in [-0.05, 0) is 68.5 Å². The van der Waals surface area contributed by atoms with E-state index in [-0.39, 0.29) is 24.4 Å². The molecule has 1 aliphatic rings. The molecule has 2 atom stereocenters. The molecule has 0 aliphatic heterocycles. The molecule has 0 radical (unpaired) electrons. The Morgan fingerprint density at radius 1 is 1.05 bits per heavy atom. The number of carbonyl (C=O) groups excluding carboxylic acids is 1. The number of ether oxygens (including phenoxy) is 2. The summed E-state index contributed by atoms with van der Waals surface area (Å²) < 4.78 is 10.7. The molecule has 7 nitrogen and oxygen atoms in total. The summed E-state index contributed by atoms with van der Waals surface area (Å²) in [7, 11) is 3.23. The monoisotopic (exact) mass is 576 g/mol. The van der Waals surface area contributed by atoms with Crippen LogP contribution in [0, 0.1) is 0 Å². The second-order valence-electron chi connectivity index (χ2n) is 8.99. The predicted molar refractivity (Wildman–Crippen MR) is 156 cm³/mol. The van der Waals surface area contributed by atoms with Gasteiger partial charge in [0.05, 0.1) is 38.1 Å². The summed E-state index contributed by atoms with van der Waals surface area (Å²) in [6.07, 6.45) is 8.66. The minimum Gasteiger partial charge on any atom is -0.497 e. The lowest BCUT2D eigenvalue weighted by Crippen LogP contribution is -2.47. The zero-order chi connectivity index (χ0) is 26.0. The molecule has 1 fully saturated rings. The van der Waals surface area contributed by atoms with Crippen LogP contribution in [0.4, 0.5) is 0 Å². The highest BCUT2D eigenvalue weighted by molar-refractivity contribution is 7.99. The number of nitrogens with zero attached hydrogens (tertiary/aromatic N) is 2. The third-order valence-corrected chi connectivity index (χ3v) is 7.65. The number of halogens is 2. The Morgan fingerprint density at radius 2 is 1.84 bits per heavy atom. The van der Waals surface area contributed by atoms with Crippen LogP contribution >= 0.6 is 35.8 Å². The smallest absolute Gasteiger partial charge is 0.230 e. The van der Waals surface area contributed by atoms with E-state index in [9.17, 15) is 4.79 Å². The average molecular weight is 578 g/mol. The van der Waals surface area contributed by atoms with E-state index in [4.69, 9.17) is 21.1 Å². The molecule has 1 saturated carbocycles. The van der Waals surface area contributed by atoms with E-state index >= 15 is 0 Å². The molecule has 204 valence electrons. The molecule has 0 unspecified atom stereocenters. The van der Waals surface area contributed by atoms with Crippen molar-refractivity contribution in [2.24, 2.45) is 0 Å². The number of thioether (sulfide) groups is 1. The second-order valence-corrected chi connectivity index (χ2v) is 10.4. The Bertz CT molecular complexity index is 1170. The average Bonchev–Trinajstić information content (AvgIpc) is 3.37. The zero-order valence-corrected chi connectivity index (χ0v) is 24.0. The van der Waals surface area contributed by atoms with Gasteiger partial charge in [-0.25, -0.2) is 4.98 Å². The molecule has 2 N–H and O–H groups in total. The summed E-state index contributed by atoms with van der Waals surface area (Å²) in [4.78, 5) is 21.7. The molecule has 10 heteroatoms. The third kappa shape index (κ3) is 8.50. The molecule has 3 aromatic rings. The van der Waals surface area contributed by atoms with Crippen LogP contribution in [0.25, 0.3) is 11.3 Å². The van der Waals surface area contributed by atoms with E-state index in [0.29, 0.717) is 34.0 Å². The van der Waals surface area contributed by atoms with Gasteiger partial charge in [-0.15, -0.1) is 12.4 Å². The Morgan fingerprint density at radius 3 is 2.55 bits per heavy atom. The molecule has 1 aliphatic carbocycles. The van der Waals surface area contributed by atoms with E-state index in [1.165, 1.54) is 17.3 Å². The van der Waals surface area contributed by atoms with Gasteiger partial charge in [0, 0.05) is 28.7 Å². The van der Waals surface area contributed by atoms with Crippen LogP contribution in [0.2, 0.25) is 5.02 Å². The van der Waals surface area contributed by atoms with Crippen molar-refractivity contribution in [1.82, 2.24) is 20.6 Å². The van der Waals surface area contributed by atoms with Gasteiger partial charge in [-0.2, -0.15) is 0 Å². The minimum absolute atomic E-state index is 0. The van der Waals surface area contributed by atoms with Gasteiger partial charge in [0.2, 0.25) is 5.91 Å². The normalized spacial score (nSPS) is 16.5. The largest absolute Gasteiger partial charge is 0.497 e. The van der Waals surface area contributed by atoms with Crippen molar-refractivity contribution < 1.29 is 14.3 Å². The van der Waals surface area contributed by atoms with Crippen molar-refractivity contribution in [3.63, 3.8) is 0 Å². The second kappa shape index (κ2) is 15.2. The van der Waals surface area contributed by atoms with Gasteiger partial charge < -0.3 is 20.1 Å². The number of carbonyl (C=O) groups is 1. The van der Waals surface area contributed by atoms with Crippen LogP contribution in [0.3, 0.4) is 0 Å². The number of nitrogens with one attached hydrogen (secondary N) is 2. The Labute approximate surface area is 239 Å². The molecule has 1 heterocycles.